The first-order valence-corrected chi connectivity index (χ1v) is 14.9. The summed E-state index contributed by atoms with van der Waals surface area (Å²) >= 11 is 1.23. The van der Waals surface area contributed by atoms with E-state index < -0.39 is 0 Å². The van der Waals surface area contributed by atoms with E-state index in [2.05, 4.69) is 20.9 Å². The number of urea groups is 1. The van der Waals surface area contributed by atoms with E-state index in [1.165, 1.54) is 11.3 Å². The van der Waals surface area contributed by atoms with Crippen LogP contribution in [0.2, 0.25) is 0 Å². The summed E-state index contributed by atoms with van der Waals surface area (Å²) < 4.78 is 5.96. The minimum atomic E-state index is -0.374. The SMILES string of the molecule is CC.Cc1cc(Oc2ccccc2)ccc1N1C(=O)Nc2c(C(=O)N[C@@H]3CCCC3NC(=O)CN)sc3nccc1c23. The van der Waals surface area contributed by atoms with E-state index in [4.69, 9.17) is 10.5 Å². The van der Waals surface area contributed by atoms with E-state index in [1.54, 1.807) is 17.2 Å². The first-order valence-electron chi connectivity index (χ1n) is 14.1. The molecule has 0 spiro atoms. The van der Waals surface area contributed by atoms with Crippen molar-refractivity contribution in [1.82, 2.24) is 15.6 Å². The van der Waals surface area contributed by atoms with Crippen molar-refractivity contribution in [2.75, 3.05) is 16.8 Å². The summed E-state index contributed by atoms with van der Waals surface area (Å²) in [6.07, 6.45) is 4.03. The molecule has 0 saturated heterocycles. The van der Waals surface area contributed by atoms with Gasteiger partial charge >= 0.3 is 6.03 Å². The van der Waals surface area contributed by atoms with Gasteiger partial charge in [0.15, 0.2) is 0 Å². The maximum absolute atomic E-state index is 13.5. The van der Waals surface area contributed by atoms with Gasteiger partial charge in [-0.2, -0.15) is 0 Å². The average Bonchev–Trinajstić information content (AvgIpc) is 3.60. The fourth-order valence-corrected chi connectivity index (χ4v) is 6.38. The Bertz CT molecular complexity index is 1620. The first-order chi connectivity index (χ1) is 20.4. The van der Waals surface area contributed by atoms with Crippen molar-refractivity contribution in [3.8, 4) is 11.5 Å². The topological polar surface area (TPSA) is 139 Å². The van der Waals surface area contributed by atoms with Crippen LogP contribution in [-0.4, -0.2) is 41.5 Å². The van der Waals surface area contributed by atoms with Crippen molar-refractivity contribution in [3.05, 3.63) is 71.2 Å². The molecule has 2 aromatic carbocycles. The summed E-state index contributed by atoms with van der Waals surface area (Å²) in [5.74, 6) is 0.822. The van der Waals surface area contributed by atoms with Crippen LogP contribution in [0.4, 0.5) is 21.9 Å². The maximum Gasteiger partial charge on any atom is 0.331 e. The normalized spacial score (nSPS) is 17.2. The second-order valence-corrected chi connectivity index (χ2v) is 10.8. The van der Waals surface area contributed by atoms with Gasteiger partial charge in [-0.05, 0) is 68.1 Å². The molecule has 2 aromatic heterocycles. The Hall–Kier alpha value is -4.48. The molecule has 1 aliphatic heterocycles. The monoisotopic (exact) mass is 586 g/mol. The van der Waals surface area contributed by atoms with Crippen molar-refractivity contribution in [2.45, 2.75) is 52.1 Å². The zero-order valence-corrected chi connectivity index (χ0v) is 24.6. The molecule has 1 fully saturated rings. The molecule has 0 bridgehead atoms. The third kappa shape index (κ3) is 5.65. The van der Waals surface area contributed by atoms with Crippen LogP contribution < -0.4 is 31.3 Å². The molecule has 3 heterocycles. The van der Waals surface area contributed by atoms with Gasteiger partial charge in [-0.3, -0.25) is 14.5 Å². The summed E-state index contributed by atoms with van der Waals surface area (Å²) in [4.78, 5) is 45.9. The number of carbonyl (C=O) groups excluding carboxylic acids is 3. The lowest BCUT2D eigenvalue weighted by atomic mass is 10.1. The molecule has 2 aliphatic rings. The van der Waals surface area contributed by atoms with Gasteiger partial charge in [-0.15, -0.1) is 11.3 Å². The van der Waals surface area contributed by atoms with Crippen LogP contribution in [-0.2, 0) is 4.79 Å². The van der Waals surface area contributed by atoms with Gasteiger partial charge in [0.25, 0.3) is 5.91 Å². The van der Waals surface area contributed by atoms with Crippen molar-refractivity contribution in [3.63, 3.8) is 0 Å². The Morgan fingerprint density at radius 3 is 2.50 bits per heavy atom. The number of aromatic nitrogens is 1. The number of anilines is 3. The van der Waals surface area contributed by atoms with Gasteiger partial charge in [-0.25, -0.2) is 9.78 Å². The Balaban J connectivity index is 0.00000173. The lowest BCUT2D eigenvalue weighted by Crippen LogP contribution is -2.49. The van der Waals surface area contributed by atoms with Gasteiger partial charge in [0, 0.05) is 18.3 Å². The molecule has 11 heteroatoms. The van der Waals surface area contributed by atoms with Gasteiger partial charge in [0.2, 0.25) is 5.91 Å². The highest BCUT2D eigenvalue weighted by molar-refractivity contribution is 7.21. The molecule has 42 heavy (non-hydrogen) atoms. The van der Waals surface area contributed by atoms with Gasteiger partial charge in [0.05, 0.1) is 29.0 Å². The molecular formula is C31H34N6O4S. The van der Waals surface area contributed by atoms with E-state index in [9.17, 15) is 14.4 Å². The Morgan fingerprint density at radius 1 is 1.05 bits per heavy atom. The fourth-order valence-electron chi connectivity index (χ4n) is 5.36. The number of rotatable bonds is 7. The van der Waals surface area contributed by atoms with Gasteiger partial charge in [0.1, 0.15) is 21.2 Å². The zero-order chi connectivity index (χ0) is 29.8. The molecule has 4 amide bonds. The largest absolute Gasteiger partial charge is 0.457 e. The van der Waals surface area contributed by atoms with Crippen LogP contribution in [0.5, 0.6) is 11.5 Å². The Kier molecular flexibility index (Phi) is 8.69. The molecule has 10 nitrogen and oxygen atoms in total. The third-order valence-electron chi connectivity index (χ3n) is 7.20. The molecule has 1 unspecified atom stereocenters. The van der Waals surface area contributed by atoms with Crippen molar-refractivity contribution >= 4 is 56.5 Å². The van der Waals surface area contributed by atoms with E-state index in [-0.39, 0.29) is 36.5 Å². The second kappa shape index (κ2) is 12.6. The van der Waals surface area contributed by atoms with E-state index in [1.807, 2.05) is 69.3 Å². The molecule has 1 saturated carbocycles. The Labute approximate surface area is 248 Å². The smallest absolute Gasteiger partial charge is 0.331 e. The molecular weight excluding hydrogens is 552 g/mol. The number of hydrogen-bond donors (Lipinski definition) is 4. The lowest BCUT2D eigenvalue weighted by molar-refractivity contribution is -0.120. The minimum absolute atomic E-state index is 0.100. The summed E-state index contributed by atoms with van der Waals surface area (Å²) in [6.45, 7) is 5.82. The number of aryl methyl sites for hydroxylation is 1. The molecule has 2 atom stereocenters. The minimum Gasteiger partial charge on any atom is -0.457 e. The predicted molar refractivity (Wildman–Crippen MR) is 166 cm³/mol. The van der Waals surface area contributed by atoms with E-state index in [0.717, 1.165) is 30.6 Å². The Morgan fingerprint density at radius 2 is 1.79 bits per heavy atom. The average molecular weight is 587 g/mol. The van der Waals surface area contributed by atoms with Crippen molar-refractivity contribution in [2.24, 2.45) is 5.73 Å². The quantitative estimate of drug-likeness (QED) is 0.215. The molecule has 218 valence electrons. The predicted octanol–water partition coefficient (Wildman–Crippen LogP) is 5.83. The lowest BCUT2D eigenvalue weighted by Gasteiger charge is -2.29. The van der Waals surface area contributed by atoms with Crippen LogP contribution >= 0.6 is 11.3 Å². The summed E-state index contributed by atoms with van der Waals surface area (Å²) in [7, 11) is 0. The zero-order valence-electron chi connectivity index (χ0n) is 23.8. The number of hydrogen-bond acceptors (Lipinski definition) is 7. The van der Waals surface area contributed by atoms with Crippen molar-refractivity contribution < 1.29 is 19.1 Å². The molecule has 5 N–H and O–H groups in total. The highest BCUT2D eigenvalue weighted by Gasteiger charge is 2.35. The van der Waals surface area contributed by atoms with E-state index >= 15 is 0 Å². The number of ether oxygens (including phenoxy) is 1. The van der Waals surface area contributed by atoms with Crippen LogP contribution in [0.1, 0.15) is 48.3 Å². The number of pyridine rings is 1. The van der Waals surface area contributed by atoms with Crippen molar-refractivity contribution in [1.29, 1.82) is 0 Å². The van der Waals surface area contributed by atoms with Crippen LogP contribution in [0, 0.1) is 6.92 Å². The summed E-state index contributed by atoms with van der Waals surface area (Å²) in [6, 6.07) is 16.1. The number of carbonyl (C=O) groups is 3. The third-order valence-corrected chi connectivity index (χ3v) is 8.30. The number of benzene rings is 2. The highest BCUT2D eigenvalue weighted by atomic mass is 32.1. The van der Waals surface area contributed by atoms with E-state index in [0.29, 0.717) is 37.9 Å². The van der Waals surface area contributed by atoms with Crippen LogP contribution in [0.15, 0.2) is 60.8 Å². The van der Waals surface area contributed by atoms with Crippen LogP contribution in [0.25, 0.3) is 10.2 Å². The number of nitrogens with two attached hydrogens (primary N) is 1. The number of thiophene rings is 1. The highest BCUT2D eigenvalue weighted by Crippen LogP contribution is 2.46. The molecule has 0 radical (unpaired) electrons. The summed E-state index contributed by atoms with van der Waals surface area (Å²) in [5.41, 5.74) is 8.08. The van der Waals surface area contributed by atoms with Gasteiger partial charge < -0.3 is 26.4 Å². The van der Waals surface area contributed by atoms with Gasteiger partial charge in [-0.1, -0.05) is 32.0 Å². The number of para-hydroxylation sites is 1. The van der Waals surface area contributed by atoms with Crippen LogP contribution in [0.3, 0.4) is 0 Å². The summed E-state index contributed by atoms with van der Waals surface area (Å²) in [5, 5.41) is 9.60. The fraction of sp³-hybridized carbons (Fsp3) is 0.290. The second-order valence-electron chi connectivity index (χ2n) is 9.83. The number of nitrogens with zero attached hydrogens (tertiary/aromatic N) is 2. The molecule has 1 aliphatic carbocycles. The first kappa shape index (κ1) is 29.0. The molecule has 6 rings (SSSR count). The number of nitrogens with one attached hydrogen (secondary N) is 3. The maximum atomic E-state index is 13.5. The standard InChI is InChI=1S/C29H28N6O4S.C2H6/c1-16-14-18(39-17-6-3-2-4-7-17)10-11-21(16)35-22-12-13-31-28-24(22)25(34-29(35)38)26(40-28)27(37)33-20-9-5-8-19(20)32-23(36)15-30;1-2/h2-4,6-7,10-14,19-20H,5,8-9,15,30H2,1H3,(H,32,36)(H,33,37)(H,34,38);1-2H3/t19?,20-;/m1./s1. The number of amides is 4. The molecule has 4 aromatic rings.